The van der Waals surface area contributed by atoms with E-state index in [0.29, 0.717) is 6.42 Å². The third-order valence-corrected chi connectivity index (χ3v) is 3.22. The number of carbonyl (C=O) groups excluding carboxylic acids is 1. The van der Waals surface area contributed by atoms with Crippen LogP contribution in [0.5, 0.6) is 0 Å². The first-order chi connectivity index (χ1) is 8.74. The molecule has 1 fully saturated rings. The molecule has 1 aromatic carbocycles. The van der Waals surface area contributed by atoms with Gasteiger partial charge in [0.2, 0.25) is 5.91 Å². The van der Waals surface area contributed by atoms with Crippen molar-refractivity contribution in [3.05, 3.63) is 42.0 Å². The van der Waals surface area contributed by atoms with Crippen LogP contribution in [-0.4, -0.2) is 23.2 Å². The van der Waals surface area contributed by atoms with Crippen LogP contribution in [0, 0.1) is 0 Å². The van der Waals surface area contributed by atoms with Gasteiger partial charge in [-0.15, -0.1) is 0 Å². The number of aliphatic hydroxyl groups excluding tert-OH is 1. The van der Waals surface area contributed by atoms with Crippen LogP contribution in [0.25, 0.3) is 6.08 Å². The molecule has 0 heterocycles. The number of nitrogens with one attached hydrogen (secondary N) is 1. The van der Waals surface area contributed by atoms with Crippen LogP contribution in [0.15, 0.2) is 36.4 Å². The van der Waals surface area contributed by atoms with Gasteiger partial charge in [-0.05, 0) is 37.3 Å². The average molecular weight is 245 g/mol. The van der Waals surface area contributed by atoms with Crippen molar-refractivity contribution in [1.29, 1.82) is 0 Å². The number of hydrogen-bond acceptors (Lipinski definition) is 2. The normalized spacial score (nSPS) is 24.1. The van der Waals surface area contributed by atoms with Gasteiger partial charge in [0, 0.05) is 12.1 Å². The van der Waals surface area contributed by atoms with Crippen LogP contribution in [0.1, 0.15) is 31.2 Å². The van der Waals surface area contributed by atoms with E-state index in [1.54, 1.807) is 12.2 Å². The lowest BCUT2D eigenvalue weighted by molar-refractivity contribution is -0.117. The molecule has 0 bridgehead atoms. The molecule has 2 unspecified atom stereocenters. The maximum Gasteiger partial charge on any atom is 0.244 e. The Morgan fingerprint density at radius 3 is 2.78 bits per heavy atom. The Morgan fingerprint density at radius 2 is 2.06 bits per heavy atom. The minimum absolute atomic E-state index is 0.0852. The summed E-state index contributed by atoms with van der Waals surface area (Å²) in [7, 11) is 0. The monoisotopic (exact) mass is 245 g/mol. The van der Waals surface area contributed by atoms with E-state index in [9.17, 15) is 9.90 Å². The average Bonchev–Trinajstić information content (AvgIpc) is 2.38. The van der Waals surface area contributed by atoms with E-state index in [2.05, 4.69) is 5.32 Å². The van der Waals surface area contributed by atoms with Crippen molar-refractivity contribution in [2.75, 3.05) is 0 Å². The topological polar surface area (TPSA) is 49.3 Å². The van der Waals surface area contributed by atoms with Crippen molar-refractivity contribution < 1.29 is 9.90 Å². The number of rotatable bonds is 3. The first-order valence-corrected chi connectivity index (χ1v) is 6.46. The molecular formula is C15H19NO2. The second-order valence-corrected chi connectivity index (χ2v) is 4.77. The summed E-state index contributed by atoms with van der Waals surface area (Å²) in [5.41, 5.74) is 1.01. The van der Waals surface area contributed by atoms with Gasteiger partial charge in [0.25, 0.3) is 0 Å². The summed E-state index contributed by atoms with van der Waals surface area (Å²) in [6, 6.07) is 9.84. The number of aliphatic hydroxyl groups is 1. The van der Waals surface area contributed by atoms with Crippen LogP contribution >= 0.6 is 0 Å². The van der Waals surface area contributed by atoms with Gasteiger partial charge in [0.1, 0.15) is 0 Å². The van der Waals surface area contributed by atoms with Gasteiger partial charge in [-0.1, -0.05) is 30.3 Å². The molecule has 18 heavy (non-hydrogen) atoms. The highest BCUT2D eigenvalue weighted by Gasteiger charge is 2.20. The van der Waals surface area contributed by atoms with E-state index in [-0.39, 0.29) is 18.1 Å². The maximum absolute atomic E-state index is 11.7. The molecule has 0 aliphatic heterocycles. The van der Waals surface area contributed by atoms with Gasteiger partial charge in [-0.25, -0.2) is 0 Å². The lowest BCUT2D eigenvalue weighted by Gasteiger charge is -2.26. The maximum atomic E-state index is 11.7. The molecule has 2 N–H and O–H groups in total. The number of amides is 1. The molecular weight excluding hydrogens is 226 g/mol. The SMILES string of the molecule is O=C(C=Cc1ccccc1)NC1CCCC(O)C1. The summed E-state index contributed by atoms with van der Waals surface area (Å²) in [5, 5.41) is 12.5. The van der Waals surface area contributed by atoms with Crippen LogP contribution in [0.4, 0.5) is 0 Å². The van der Waals surface area contributed by atoms with E-state index in [4.69, 9.17) is 0 Å². The molecule has 3 heteroatoms. The number of benzene rings is 1. The summed E-state index contributed by atoms with van der Waals surface area (Å²) in [6.45, 7) is 0. The Labute approximate surface area is 108 Å². The molecule has 1 aromatic rings. The Kier molecular flexibility index (Phi) is 4.53. The van der Waals surface area contributed by atoms with Crippen LogP contribution in [0.3, 0.4) is 0 Å². The van der Waals surface area contributed by atoms with Gasteiger partial charge in [-0.3, -0.25) is 4.79 Å². The first-order valence-electron chi connectivity index (χ1n) is 6.46. The summed E-state index contributed by atoms with van der Waals surface area (Å²) in [6.07, 6.45) is 6.56. The minimum Gasteiger partial charge on any atom is -0.393 e. The van der Waals surface area contributed by atoms with E-state index in [1.165, 1.54) is 0 Å². The predicted octanol–water partition coefficient (Wildman–Crippen LogP) is 2.12. The highest BCUT2D eigenvalue weighted by molar-refractivity contribution is 5.91. The molecule has 1 aliphatic carbocycles. The molecule has 1 amide bonds. The standard InChI is InChI=1S/C15H19NO2/c17-14-8-4-7-13(11-14)16-15(18)10-9-12-5-2-1-3-6-12/h1-3,5-6,9-10,13-14,17H,4,7-8,11H2,(H,16,18). The molecule has 2 atom stereocenters. The van der Waals surface area contributed by atoms with Gasteiger partial charge in [-0.2, -0.15) is 0 Å². The van der Waals surface area contributed by atoms with Crippen molar-refractivity contribution in [2.45, 2.75) is 37.8 Å². The highest BCUT2D eigenvalue weighted by Crippen LogP contribution is 2.18. The lowest BCUT2D eigenvalue weighted by atomic mass is 9.93. The van der Waals surface area contributed by atoms with Crippen LogP contribution < -0.4 is 5.32 Å². The first kappa shape index (κ1) is 12.8. The fourth-order valence-electron chi connectivity index (χ4n) is 2.28. The Hall–Kier alpha value is -1.61. The van der Waals surface area contributed by atoms with E-state index >= 15 is 0 Å². The molecule has 1 aliphatic rings. The Morgan fingerprint density at radius 1 is 1.28 bits per heavy atom. The number of hydrogen-bond donors (Lipinski definition) is 2. The van der Waals surface area contributed by atoms with E-state index in [0.717, 1.165) is 24.8 Å². The van der Waals surface area contributed by atoms with Crippen LogP contribution in [0.2, 0.25) is 0 Å². The quantitative estimate of drug-likeness (QED) is 0.801. The zero-order chi connectivity index (χ0) is 12.8. The van der Waals surface area contributed by atoms with Crippen molar-refractivity contribution in [2.24, 2.45) is 0 Å². The zero-order valence-electron chi connectivity index (χ0n) is 10.4. The molecule has 0 saturated heterocycles. The molecule has 3 nitrogen and oxygen atoms in total. The second-order valence-electron chi connectivity index (χ2n) is 4.77. The number of carbonyl (C=O) groups is 1. The summed E-state index contributed by atoms with van der Waals surface area (Å²) in [4.78, 5) is 11.7. The molecule has 2 rings (SSSR count). The summed E-state index contributed by atoms with van der Waals surface area (Å²) >= 11 is 0. The largest absolute Gasteiger partial charge is 0.393 e. The highest BCUT2D eigenvalue weighted by atomic mass is 16.3. The van der Waals surface area contributed by atoms with Gasteiger partial charge in [0.15, 0.2) is 0 Å². The third kappa shape index (κ3) is 4.00. The Bertz CT molecular complexity index is 414. The molecule has 0 spiro atoms. The fraction of sp³-hybridized carbons (Fsp3) is 0.400. The van der Waals surface area contributed by atoms with Crippen LogP contribution in [-0.2, 0) is 4.79 Å². The minimum atomic E-state index is -0.262. The molecule has 1 saturated carbocycles. The smallest absolute Gasteiger partial charge is 0.244 e. The predicted molar refractivity (Wildman–Crippen MR) is 71.9 cm³/mol. The second kappa shape index (κ2) is 6.36. The zero-order valence-corrected chi connectivity index (χ0v) is 10.4. The van der Waals surface area contributed by atoms with Gasteiger partial charge in [0.05, 0.1) is 6.10 Å². The van der Waals surface area contributed by atoms with Crippen molar-refractivity contribution in [3.8, 4) is 0 Å². The lowest BCUT2D eigenvalue weighted by Crippen LogP contribution is -2.38. The summed E-state index contributed by atoms with van der Waals surface area (Å²) in [5.74, 6) is -0.0852. The van der Waals surface area contributed by atoms with Crippen molar-refractivity contribution >= 4 is 12.0 Å². The molecule has 0 radical (unpaired) electrons. The van der Waals surface area contributed by atoms with E-state index in [1.807, 2.05) is 30.3 Å². The van der Waals surface area contributed by atoms with Crippen molar-refractivity contribution in [1.82, 2.24) is 5.32 Å². The van der Waals surface area contributed by atoms with Gasteiger partial charge < -0.3 is 10.4 Å². The molecule has 96 valence electrons. The summed E-state index contributed by atoms with van der Waals surface area (Å²) < 4.78 is 0. The van der Waals surface area contributed by atoms with Gasteiger partial charge >= 0.3 is 0 Å². The fourth-order valence-corrected chi connectivity index (χ4v) is 2.28. The van der Waals surface area contributed by atoms with Crippen molar-refractivity contribution in [3.63, 3.8) is 0 Å². The molecule has 0 aromatic heterocycles. The third-order valence-electron chi connectivity index (χ3n) is 3.22. The van der Waals surface area contributed by atoms with E-state index < -0.39 is 0 Å². The Balaban J connectivity index is 1.83.